The highest BCUT2D eigenvalue weighted by atomic mass is 16.4. The van der Waals surface area contributed by atoms with Crippen molar-refractivity contribution < 1.29 is 14.7 Å². The van der Waals surface area contributed by atoms with Crippen LogP contribution < -0.4 is 11.1 Å². The number of amides is 1. The van der Waals surface area contributed by atoms with Gasteiger partial charge in [-0.15, -0.1) is 0 Å². The first kappa shape index (κ1) is 15.2. The van der Waals surface area contributed by atoms with E-state index in [4.69, 9.17) is 10.8 Å². The normalized spacial score (nSPS) is 11.9. The number of hydrogen-bond acceptors (Lipinski definition) is 3. The minimum atomic E-state index is -0.814. The van der Waals surface area contributed by atoms with Crippen molar-refractivity contribution >= 4 is 17.6 Å². The van der Waals surface area contributed by atoms with Crippen molar-refractivity contribution in [2.24, 2.45) is 5.73 Å². The van der Waals surface area contributed by atoms with Crippen molar-refractivity contribution in [1.82, 2.24) is 0 Å². The fraction of sp³-hybridized carbons (Fsp3) is 0.429. The predicted octanol–water partition coefficient (Wildman–Crippen LogP) is 1.77. The Balaban J connectivity index is 2.47. The lowest BCUT2D eigenvalue weighted by Gasteiger charge is -2.09. The Kier molecular flexibility index (Phi) is 6.02. The predicted molar refractivity (Wildman–Crippen MR) is 73.9 cm³/mol. The number of rotatable bonds is 7. The van der Waals surface area contributed by atoms with Crippen molar-refractivity contribution in [3.63, 3.8) is 0 Å². The molecule has 1 aromatic carbocycles. The van der Waals surface area contributed by atoms with Gasteiger partial charge >= 0.3 is 5.97 Å². The largest absolute Gasteiger partial charge is 0.481 e. The number of nitrogens with one attached hydrogen (secondary N) is 1. The first-order chi connectivity index (χ1) is 9.01. The van der Waals surface area contributed by atoms with Crippen molar-refractivity contribution in [2.45, 2.75) is 38.6 Å². The average molecular weight is 264 g/mol. The van der Waals surface area contributed by atoms with Gasteiger partial charge in [0.05, 0.1) is 0 Å². The molecule has 1 atom stereocenters. The summed E-state index contributed by atoms with van der Waals surface area (Å²) in [6.45, 7) is 1.94. The highest BCUT2D eigenvalue weighted by Crippen LogP contribution is 2.11. The number of benzene rings is 1. The number of nitrogens with two attached hydrogens (primary N) is 1. The molecule has 0 saturated heterocycles. The molecule has 0 fully saturated rings. The molecule has 0 aromatic heterocycles. The lowest BCUT2D eigenvalue weighted by molar-refractivity contribution is -0.137. The highest BCUT2D eigenvalue weighted by Gasteiger charge is 2.07. The molecule has 104 valence electrons. The first-order valence-electron chi connectivity index (χ1n) is 6.37. The van der Waals surface area contributed by atoms with Crippen LogP contribution in [0.1, 0.15) is 31.7 Å². The van der Waals surface area contributed by atoms with Gasteiger partial charge in [0.2, 0.25) is 5.91 Å². The minimum absolute atomic E-state index is 0.104. The van der Waals surface area contributed by atoms with Crippen LogP contribution in [0.25, 0.3) is 0 Å². The van der Waals surface area contributed by atoms with Gasteiger partial charge < -0.3 is 16.2 Å². The van der Waals surface area contributed by atoms with E-state index in [2.05, 4.69) is 5.32 Å². The summed E-state index contributed by atoms with van der Waals surface area (Å²) in [6, 6.07) is 7.06. The van der Waals surface area contributed by atoms with E-state index in [1.165, 1.54) is 0 Å². The highest BCUT2D eigenvalue weighted by molar-refractivity contribution is 5.91. The van der Waals surface area contributed by atoms with Crippen LogP contribution in [-0.2, 0) is 16.0 Å². The van der Waals surface area contributed by atoms with Gasteiger partial charge in [0.15, 0.2) is 0 Å². The molecule has 5 heteroatoms. The van der Waals surface area contributed by atoms with Crippen LogP contribution in [0.4, 0.5) is 5.69 Å². The zero-order chi connectivity index (χ0) is 14.3. The number of aryl methyl sites for hydroxylation is 1. The Hall–Kier alpha value is -1.88. The number of carboxylic acid groups (broad SMARTS) is 1. The molecule has 0 aliphatic rings. The lowest BCUT2D eigenvalue weighted by Crippen LogP contribution is -2.26. The van der Waals surface area contributed by atoms with Crippen LogP contribution in [0.15, 0.2) is 24.3 Å². The van der Waals surface area contributed by atoms with E-state index >= 15 is 0 Å². The van der Waals surface area contributed by atoms with Gasteiger partial charge in [-0.25, -0.2) is 0 Å². The molecule has 5 nitrogen and oxygen atoms in total. The molecular weight excluding hydrogens is 244 g/mol. The van der Waals surface area contributed by atoms with E-state index in [9.17, 15) is 9.59 Å². The van der Waals surface area contributed by atoms with Crippen LogP contribution in [0.2, 0.25) is 0 Å². The van der Waals surface area contributed by atoms with E-state index in [0.717, 1.165) is 12.0 Å². The molecular formula is C14H20N2O3. The molecule has 0 aliphatic heterocycles. The van der Waals surface area contributed by atoms with Crippen LogP contribution in [0, 0.1) is 0 Å². The van der Waals surface area contributed by atoms with E-state index in [1.54, 1.807) is 12.1 Å². The number of aliphatic carboxylic acids is 1. The monoisotopic (exact) mass is 264 g/mol. The molecule has 0 spiro atoms. The summed E-state index contributed by atoms with van der Waals surface area (Å²) in [7, 11) is 0. The summed E-state index contributed by atoms with van der Waals surface area (Å²) in [4.78, 5) is 22.1. The topological polar surface area (TPSA) is 92.4 Å². The molecule has 19 heavy (non-hydrogen) atoms. The smallest absolute Gasteiger partial charge is 0.303 e. The number of hydrogen-bond donors (Lipinski definition) is 3. The summed E-state index contributed by atoms with van der Waals surface area (Å²) < 4.78 is 0. The summed E-state index contributed by atoms with van der Waals surface area (Å²) >= 11 is 0. The third-order valence-electron chi connectivity index (χ3n) is 2.84. The van der Waals surface area contributed by atoms with Gasteiger partial charge in [-0.2, -0.15) is 0 Å². The Morgan fingerprint density at radius 1 is 1.32 bits per heavy atom. The Labute approximate surface area is 112 Å². The number of anilines is 1. The fourth-order valence-electron chi connectivity index (χ4n) is 1.60. The molecule has 1 aromatic rings. The average Bonchev–Trinajstić information content (AvgIpc) is 2.37. The molecule has 1 rings (SSSR count). The number of carboxylic acids is 1. The molecule has 1 unspecified atom stereocenters. The van der Waals surface area contributed by atoms with Crippen molar-refractivity contribution in [3.8, 4) is 0 Å². The number of carbonyl (C=O) groups excluding carboxylic acids is 1. The maximum absolute atomic E-state index is 11.6. The van der Waals surface area contributed by atoms with Crippen molar-refractivity contribution in [3.05, 3.63) is 29.8 Å². The van der Waals surface area contributed by atoms with E-state index in [0.29, 0.717) is 18.5 Å². The van der Waals surface area contributed by atoms with Gasteiger partial charge in [0.1, 0.15) is 0 Å². The second-order valence-electron chi connectivity index (χ2n) is 4.51. The maximum Gasteiger partial charge on any atom is 0.303 e. The van der Waals surface area contributed by atoms with E-state index < -0.39 is 5.97 Å². The fourth-order valence-corrected chi connectivity index (χ4v) is 1.60. The maximum atomic E-state index is 11.6. The Bertz CT molecular complexity index is 429. The van der Waals surface area contributed by atoms with Crippen molar-refractivity contribution in [1.29, 1.82) is 0 Å². The standard InChI is InChI=1S/C14H20N2O3/c1-2-11(15)9-13(17)16-12-6-3-10(4-7-12)5-8-14(18)19/h3-4,6-7,11H,2,5,8-9,15H2,1H3,(H,16,17)(H,18,19). The zero-order valence-electron chi connectivity index (χ0n) is 11.1. The van der Waals surface area contributed by atoms with E-state index in [1.807, 2.05) is 19.1 Å². The van der Waals surface area contributed by atoms with Crippen LogP contribution >= 0.6 is 0 Å². The van der Waals surface area contributed by atoms with Gasteiger partial charge in [-0.3, -0.25) is 9.59 Å². The molecule has 0 bridgehead atoms. The van der Waals surface area contributed by atoms with Crippen LogP contribution in [0.3, 0.4) is 0 Å². The van der Waals surface area contributed by atoms with E-state index in [-0.39, 0.29) is 18.4 Å². The summed E-state index contributed by atoms with van der Waals surface area (Å²) in [5.41, 5.74) is 7.34. The zero-order valence-corrected chi connectivity index (χ0v) is 11.1. The van der Waals surface area contributed by atoms with Crippen LogP contribution in [0.5, 0.6) is 0 Å². The Morgan fingerprint density at radius 2 is 1.95 bits per heavy atom. The summed E-state index contributed by atoms with van der Waals surface area (Å²) in [5, 5.41) is 11.4. The quantitative estimate of drug-likeness (QED) is 0.699. The molecule has 0 radical (unpaired) electrons. The number of carbonyl (C=O) groups is 2. The molecule has 4 N–H and O–H groups in total. The first-order valence-corrected chi connectivity index (χ1v) is 6.37. The summed E-state index contributed by atoms with van der Waals surface area (Å²) in [5.74, 6) is -0.918. The second-order valence-corrected chi connectivity index (χ2v) is 4.51. The second kappa shape index (κ2) is 7.53. The lowest BCUT2D eigenvalue weighted by atomic mass is 10.1. The SMILES string of the molecule is CCC(N)CC(=O)Nc1ccc(CCC(=O)O)cc1. The summed E-state index contributed by atoms with van der Waals surface area (Å²) in [6.07, 6.45) is 1.67. The Morgan fingerprint density at radius 3 is 2.47 bits per heavy atom. The van der Waals surface area contributed by atoms with Gasteiger partial charge in [-0.1, -0.05) is 19.1 Å². The van der Waals surface area contributed by atoms with Gasteiger partial charge in [0.25, 0.3) is 0 Å². The molecule has 0 heterocycles. The third-order valence-corrected chi connectivity index (χ3v) is 2.84. The molecule has 0 saturated carbocycles. The van der Waals surface area contributed by atoms with Crippen molar-refractivity contribution in [2.75, 3.05) is 5.32 Å². The van der Waals surface area contributed by atoms with Gasteiger partial charge in [-0.05, 0) is 30.5 Å². The molecule has 0 aliphatic carbocycles. The van der Waals surface area contributed by atoms with Gasteiger partial charge in [0, 0.05) is 24.6 Å². The third kappa shape index (κ3) is 6.01. The minimum Gasteiger partial charge on any atom is -0.481 e. The molecule has 1 amide bonds. The van der Waals surface area contributed by atoms with Crippen LogP contribution in [-0.4, -0.2) is 23.0 Å².